The summed E-state index contributed by atoms with van der Waals surface area (Å²) >= 11 is 4.44. The number of nitrogens with zero attached hydrogens (tertiary/aromatic N) is 3. The number of aromatic nitrogens is 2. The molecule has 0 aliphatic heterocycles. The van der Waals surface area contributed by atoms with E-state index in [1.807, 2.05) is 0 Å². The second kappa shape index (κ2) is 7.43. The van der Waals surface area contributed by atoms with Gasteiger partial charge in [0.15, 0.2) is 5.69 Å². The van der Waals surface area contributed by atoms with E-state index in [2.05, 4.69) is 32.4 Å². The molecule has 10 heteroatoms. The van der Waals surface area contributed by atoms with Gasteiger partial charge in [0.2, 0.25) is 5.91 Å². The highest BCUT2D eigenvalue weighted by Crippen LogP contribution is 2.48. The Kier molecular flexibility index (Phi) is 5.23. The number of aryl methyl sites for hydroxylation is 1. The highest BCUT2D eigenvalue weighted by molar-refractivity contribution is 9.10. The highest BCUT2D eigenvalue weighted by Gasteiger charge is 2.43. The number of nitriles is 1. The Morgan fingerprint density at radius 3 is 2.69 bits per heavy atom. The Morgan fingerprint density at radius 2 is 2.07 bits per heavy atom. The van der Waals surface area contributed by atoms with Gasteiger partial charge in [-0.1, -0.05) is 0 Å². The maximum absolute atomic E-state index is 13.3. The molecule has 2 aromatic rings. The van der Waals surface area contributed by atoms with Gasteiger partial charge < -0.3 is 5.32 Å². The number of thiophene rings is 1. The fraction of sp³-hybridized carbons (Fsp3) is 0.526. The lowest BCUT2D eigenvalue weighted by Crippen LogP contribution is -2.26. The van der Waals surface area contributed by atoms with Gasteiger partial charge in [-0.05, 0) is 66.9 Å². The van der Waals surface area contributed by atoms with Crippen LogP contribution in [-0.2, 0) is 23.8 Å². The third-order valence-electron chi connectivity index (χ3n) is 5.39. The molecule has 1 amide bonds. The Morgan fingerprint density at radius 1 is 1.38 bits per heavy atom. The first kappa shape index (κ1) is 20.4. The molecule has 2 heterocycles. The molecular formula is C19H18BrF3N4OS. The molecule has 1 N–H and O–H groups in total. The lowest BCUT2D eigenvalue weighted by atomic mass is 9.96. The fourth-order valence-electron chi connectivity index (χ4n) is 3.73. The summed E-state index contributed by atoms with van der Waals surface area (Å²) in [6.07, 6.45) is 0.686. The number of carbonyl (C=O) groups excluding carboxylic acids is 1. The van der Waals surface area contributed by atoms with Crippen LogP contribution >= 0.6 is 27.3 Å². The van der Waals surface area contributed by atoms with Crippen molar-refractivity contribution >= 4 is 38.2 Å². The standard InChI is InChI=1S/C19H18BrF3N4OS/c1-9(27-15(10-6-7-10)14(20)16(26-27)19(21,22)23)17(28)25-18-12(8-24)11-4-2-3-5-13(11)29-18/h9-10H,2-7H2,1H3,(H,25,28). The summed E-state index contributed by atoms with van der Waals surface area (Å²) in [6.45, 7) is 1.53. The smallest absolute Gasteiger partial charge is 0.315 e. The van der Waals surface area contributed by atoms with Gasteiger partial charge in [0, 0.05) is 10.8 Å². The number of alkyl halides is 3. The highest BCUT2D eigenvalue weighted by atomic mass is 79.9. The van der Waals surface area contributed by atoms with E-state index in [1.165, 1.54) is 22.9 Å². The van der Waals surface area contributed by atoms with E-state index in [1.54, 1.807) is 0 Å². The molecule has 5 nitrogen and oxygen atoms in total. The van der Waals surface area contributed by atoms with Crippen LogP contribution in [0.5, 0.6) is 0 Å². The molecule has 2 aromatic heterocycles. The van der Waals surface area contributed by atoms with Gasteiger partial charge in [-0.25, -0.2) is 0 Å². The van der Waals surface area contributed by atoms with Crippen molar-refractivity contribution in [3.63, 3.8) is 0 Å². The van der Waals surface area contributed by atoms with E-state index in [0.717, 1.165) is 49.0 Å². The first-order valence-electron chi connectivity index (χ1n) is 9.43. The quantitative estimate of drug-likeness (QED) is 0.615. The lowest BCUT2D eigenvalue weighted by Gasteiger charge is -2.15. The van der Waals surface area contributed by atoms with E-state index in [4.69, 9.17) is 0 Å². The summed E-state index contributed by atoms with van der Waals surface area (Å²) in [5.74, 6) is -0.516. The van der Waals surface area contributed by atoms with E-state index in [-0.39, 0.29) is 10.4 Å². The van der Waals surface area contributed by atoms with Gasteiger partial charge in [-0.3, -0.25) is 9.48 Å². The zero-order chi connectivity index (χ0) is 20.9. The predicted octanol–water partition coefficient (Wildman–Crippen LogP) is 5.55. The largest absolute Gasteiger partial charge is 0.436 e. The zero-order valence-electron chi connectivity index (χ0n) is 15.6. The molecule has 2 aliphatic carbocycles. The zero-order valence-corrected chi connectivity index (χ0v) is 18.0. The first-order valence-corrected chi connectivity index (χ1v) is 11.0. The minimum atomic E-state index is -4.61. The molecule has 1 fully saturated rings. The average Bonchev–Trinajstić information content (AvgIpc) is 3.34. The van der Waals surface area contributed by atoms with Crippen molar-refractivity contribution < 1.29 is 18.0 Å². The average molecular weight is 487 g/mol. The van der Waals surface area contributed by atoms with Gasteiger partial charge >= 0.3 is 6.18 Å². The van der Waals surface area contributed by atoms with Crippen molar-refractivity contribution in [3.05, 3.63) is 31.9 Å². The minimum Gasteiger partial charge on any atom is -0.315 e. The van der Waals surface area contributed by atoms with Crippen LogP contribution in [0, 0.1) is 11.3 Å². The number of hydrogen-bond acceptors (Lipinski definition) is 4. The Labute approximate surface area is 178 Å². The summed E-state index contributed by atoms with van der Waals surface area (Å²) in [6, 6.07) is 1.24. The molecule has 2 aliphatic rings. The van der Waals surface area contributed by atoms with E-state index >= 15 is 0 Å². The summed E-state index contributed by atoms with van der Waals surface area (Å²) < 4.78 is 41.1. The van der Waals surface area contributed by atoms with Crippen LogP contribution in [0.3, 0.4) is 0 Å². The van der Waals surface area contributed by atoms with Crippen LogP contribution in [0.2, 0.25) is 0 Å². The van der Waals surface area contributed by atoms with Crippen LogP contribution in [-0.4, -0.2) is 15.7 Å². The molecule has 4 rings (SSSR count). The molecule has 0 spiro atoms. The van der Waals surface area contributed by atoms with Crippen molar-refractivity contribution in [2.24, 2.45) is 0 Å². The summed E-state index contributed by atoms with van der Waals surface area (Å²) in [5.41, 5.74) is 0.867. The monoisotopic (exact) mass is 486 g/mol. The van der Waals surface area contributed by atoms with E-state index in [9.17, 15) is 23.2 Å². The van der Waals surface area contributed by atoms with Crippen LogP contribution in [0.1, 0.15) is 72.0 Å². The first-order chi connectivity index (χ1) is 13.7. The molecule has 29 heavy (non-hydrogen) atoms. The predicted molar refractivity (Wildman–Crippen MR) is 106 cm³/mol. The number of anilines is 1. The third-order valence-corrected chi connectivity index (χ3v) is 7.38. The maximum Gasteiger partial charge on any atom is 0.436 e. The number of amides is 1. The summed E-state index contributed by atoms with van der Waals surface area (Å²) in [4.78, 5) is 14.0. The molecule has 1 saturated carbocycles. The van der Waals surface area contributed by atoms with Crippen LogP contribution in [0.25, 0.3) is 0 Å². The van der Waals surface area contributed by atoms with Gasteiger partial charge in [0.1, 0.15) is 17.1 Å². The second-order valence-corrected chi connectivity index (χ2v) is 9.35. The van der Waals surface area contributed by atoms with Gasteiger partial charge in [-0.2, -0.15) is 23.5 Å². The summed E-state index contributed by atoms with van der Waals surface area (Å²) in [7, 11) is 0. The molecule has 154 valence electrons. The van der Waals surface area contributed by atoms with Crippen molar-refractivity contribution in [1.82, 2.24) is 9.78 Å². The number of nitrogens with one attached hydrogen (secondary N) is 1. The molecule has 1 unspecified atom stereocenters. The molecule has 0 aromatic carbocycles. The van der Waals surface area contributed by atoms with Gasteiger partial charge in [0.05, 0.1) is 15.7 Å². The minimum absolute atomic E-state index is 0.0352. The SMILES string of the molecule is CC(C(=O)Nc1sc2c(c1C#N)CCCC2)n1nc(C(F)(F)F)c(Br)c1C1CC1. The summed E-state index contributed by atoms with van der Waals surface area (Å²) in [5, 5.41) is 16.5. The van der Waals surface area contributed by atoms with Crippen LogP contribution in [0.15, 0.2) is 4.47 Å². The molecule has 1 atom stereocenters. The molecule has 0 bridgehead atoms. The van der Waals surface area contributed by atoms with E-state index in [0.29, 0.717) is 16.3 Å². The number of hydrogen-bond donors (Lipinski definition) is 1. The molecular weight excluding hydrogens is 469 g/mol. The molecule has 0 saturated heterocycles. The van der Waals surface area contributed by atoms with Crippen LogP contribution < -0.4 is 5.32 Å². The Balaban J connectivity index is 1.64. The number of halogens is 4. The Bertz CT molecular complexity index is 1020. The normalized spacial score (nSPS) is 17.5. The fourth-order valence-corrected chi connectivity index (χ4v) is 5.78. The van der Waals surface area contributed by atoms with Gasteiger partial charge in [0.25, 0.3) is 0 Å². The van der Waals surface area contributed by atoms with Crippen molar-refractivity contribution in [1.29, 1.82) is 5.26 Å². The van der Waals surface area contributed by atoms with E-state index < -0.39 is 23.8 Å². The topological polar surface area (TPSA) is 70.7 Å². The molecule has 0 radical (unpaired) electrons. The number of carbonyl (C=O) groups is 1. The second-order valence-electron chi connectivity index (χ2n) is 7.46. The number of fused-ring (bicyclic) bond motifs is 1. The van der Waals surface area contributed by atoms with Crippen molar-refractivity contribution in [3.8, 4) is 6.07 Å². The van der Waals surface area contributed by atoms with Gasteiger partial charge in [-0.15, -0.1) is 11.3 Å². The lowest BCUT2D eigenvalue weighted by molar-refractivity contribution is -0.142. The third kappa shape index (κ3) is 3.70. The maximum atomic E-state index is 13.3. The van der Waals surface area contributed by atoms with Crippen LogP contribution in [0.4, 0.5) is 18.2 Å². The number of rotatable bonds is 4. The van der Waals surface area contributed by atoms with Crippen molar-refractivity contribution in [2.75, 3.05) is 5.32 Å². The van der Waals surface area contributed by atoms with Crippen molar-refractivity contribution in [2.45, 2.75) is 63.6 Å². The Hall–Kier alpha value is -1.86.